The first kappa shape index (κ1) is 53.4. The number of esters is 2. The van der Waals surface area contributed by atoms with Crippen LogP contribution in [0, 0.1) is 105 Å². The van der Waals surface area contributed by atoms with E-state index >= 15 is 0 Å². The molecule has 12 nitrogen and oxygen atoms in total. The number of rotatable bonds is 16. The summed E-state index contributed by atoms with van der Waals surface area (Å²) in [7, 11) is 0. The van der Waals surface area contributed by atoms with Crippen LogP contribution in [0.2, 0.25) is 0 Å². The maximum absolute atomic E-state index is 12.9. The van der Waals surface area contributed by atoms with Crippen LogP contribution < -0.4 is 0 Å². The van der Waals surface area contributed by atoms with Gasteiger partial charge < -0.3 is 49.6 Å². The number of hydrogen-bond donors (Lipinski definition) is 6. The minimum Gasteiger partial charge on any atom is -0.438 e. The zero-order chi connectivity index (χ0) is 49.9. The van der Waals surface area contributed by atoms with E-state index in [-0.39, 0.29) is 119 Å². The molecule has 6 N–H and O–H groups in total. The van der Waals surface area contributed by atoms with Crippen LogP contribution in [0.25, 0.3) is 0 Å². The van der Waals surface area contributed by atoms with E-state index in [0.717, 1.165) is 103 Å². The number of aliphatic hydroxyl groups is 6. The highest BCUT2D eigenvalue weighted by molar-refractivity contribution is 5.69. The van der Waals surface area contributed by atoms with Gasteiger partial charge in [0.05, 0.1) is 49.8 Å². The van der Waals surface area contributed by atoms with Gasteiger partial charge in [0.1, 0.15) is 0 Å². The fourth-order valence-corrected chi connectivity index (χ4v) is 19.7. The Labute approximate surface area is 420 Å². The van der Waals surface area contributed by atoms with E-state index in [0.29, 0.717) is 75.4 Å². The van der Waals surface area contributed by atoms with Crippen molar-refractivity contribution >= 4 is 11.9 Å². The van der Waals surface area contributed by atoms with Gasteiger partial charge in [-0.2, -0.15) is 0 Å². The lowest BCUT2D eigenvalue weighted by molar-refractivity contribution is -0.207. The Morgan fingerprint density at radius 2 is 0.886 bits per heavy atom. The van der Waals surface area contributed by atoms with Crippen LogP contribution in [0.4, 0.5) is 0 Å². The van der Waals surface area contributed by atoms with Crippen molar-refractivity contribution in [3.63, 3.8) is 0 Å². The topological polar surface area (TPSA) is 192 Å². The van der Waals surface area contributed by atoms with E-state index in [1.165, 1.54) is 0 Å². The standard InChI is InChI=1S/C58H96O12/c1-33(41-13-15-43-53-45(27-49(63)57(41,43)5)55(3)21-19-39(59)23-37(55)25-47(53)61)7-17-51(65)69-31-67-29-35-9-11-36(12-10-35)30-68-32-70-52(66)18-8-34(2)42-14-16-44-54-46(28-50(64)58(42,44)6)56(4)22-20-40(60)24-38(56)26-48(54)62/h33-50,53-54,59-64H,7-32H2,1-6H3/t33-,34-,35?,36?,37?,38?,39-,40-,41-,42-,43+,44+,45+,46+,47-,48-,49+,50+,53+,54+,55+,56+,57-,58-/m1/s1. The van der Waals surface area contributed by atoms with Crippen molar-refractivity contribution in [1.82, 2.24) is 0 Å². The molecule has 0 amide bonds. The molecule has 0 spiro atoms. The molecule has 0 aromatic heterocycles. The van der Waals surface area contributed by atoms with Crippen molar-refractivity contribution in [3.8, 4) is 0 Å². The average Bonchev–Trinajstić information content (AvgIpc) is 3.88. The van der Waals surface area contributed by atoms with E-state index < -0.39 is 24.4 Å². The molecule has 70 heavy (non-hydrogen) atoms. The van der Waals surface area contributed by atoms with E-state index in [1.54, 1.807) is 0 Å². The smallest absolute Gasteiger partial charge is 0.307 e. The van der Waals surface area contributed by atoms with Crippen molar-refractivity contribution in [2.75, 3.05) is 26.8 Å². The van der Waals surface area contributed by atoms with Crippen LogP contribution in [-0.2, 0) is 28.5 Å². The van der Waals surface area contributed by atoms with Crippen molar-refractivity contribution < 1.29 is 59.2 Å². The monoisotopic (exact) mass is 985 g/mol. The van der Waals surface area contributed by atoms with Crippen LogP contribution in [0.15, 0.2) is 0 Å². The normalized spacial score (nSPS) is 49.5. The number of carbonyl (C=O) groups excluding carboxylic acids is 2. The summed E-state index contributed by atoms with van der Waals surface area (Å²) in [4.78, 5) is 25.8. The fraction of sp³-hybridized carbons (Fsp3) is 0.966. The second-order valence-electron chi connectivity index (χ2n) is 27.0. The molecule has 2 unspecified atom stereocenters. The van der Waals surface area contributed by atoms with Crippen LogP contribution in [0.1, 0.15) is 183 Å². The van der Waals surface area contributed by atoms with Gasteiger partial charge in [-0.25, -0.2) is 0 Å². The van der Waals surface area contributed by atoms with Crippen molar-refractivity contribution in [2.24, 2.45) is 105 Å². The summed E-state index contributed by atoms with van der Waals surface area (Å²) in [6.07, 6.45) is 15.9. The van der Waals surface area contributed by atoms with Crippen molar-refractivity contribution in [2.45, 2.75) is 219 Å². The number of fused-ring (bicyclic) bond motifs is 10. The molecule has 400 valence electrons. The Kier molecular flexibility index (Phi) is 16.3. The summed E-state index contributed by atoms with van der Waals surface area (Å²) in [5, 5.41) is 67.9. The summed E-state index contributed by atoms with van der Waals surface area (Å²) in [5.41, 5.74) is -0.470. The second-order valence-corrected chi connectivity index (χ2v) is 27.0. The Balaban J connectivity index is 0.623. The first-order chi connectivity index (χ1) is 33.3. The Morgan fingerprint density at radius 1 is 0.500 bits per heavy atom. The molecule has 12 heteroatoms. The zero-order valence-corrected chi connectivity index (χ0v) is 44.1. The molecule has 0 heterocycles. The number of aliphatic hydroxyl groups excluding tert-OH is 6. The highest BCUT2D eigenvalue weighted by Gasteiger charge is 2.67. The zero-order valence-electron chi connectivity index (χ0n) is 44.1. The van der Waals surface area contributed by atoms with Crippen LogP contribution in [-0.4, -0.2) is 106 Å². The largest absolute Gasteiger partial charge is 0.438 e. The van der Waals surface area contributed by atoms with Crippen LogP contribution >= 0.6 is 0 Å². The lowest BCUT2D eigenvalue weighted by atomic mass is 9.43. The van der Waals surface area contributed by atoms with Gasteiger partial charge in [-0.3, -0.25) is 9.59 Å². The summed E-state index contributed by atoms with van der Waals surface area (Å²) in [6, 6.07) is 0. The molecule has 9 aliphatic carbocycles. The fourth-order valence-electron chi connectivity index (χ4n) is 19.7. The molecular formula is C58H96O12. The molecule has 9 rings (SSSR count). The maximum Gasteiger partial charge on any atom is 0.307 e. The lowest BCUT2D eigenvalue weighted by Gasteiger charge is -2.63. The molecule has 0 aromatic carbocycles. The maximum atomic E-state index is 12.9. The summed E-state index contributed by atoms with van der Waals surface area (Å²) in [5.74, 6) is 3.38. The first-order valence-corrected chi connectivity index (χ1v) is 28.8. The van der Waals surface area contributed by atoms with E-state index in [2.05, 4.69) is 41.5 Å². The van der Waals surface area contributed by atoms with Gasteiger partial charge in [-0.05, 0) is 233 Å². The van der Waals surface area contributed by atoms with Gasteiger partial charge in [0, 0.05) is 12.8 Å². The average molecular weight is 985 g/mol. The number of carbonyl (C=O) groups is 2. The molecule has 0 radical (unpaired) electrons. The van der Waals surface area contributed by atoms with Gasteiger partial charge >= 0.3 is 11.9 Å². The van der Waals surface area contributed by atoms with Gasteiger partial charge in [0.2, 0.25) is 0 Å². The molecule has 9 fully saturated rings. The van der Waals surface area contributed by atoms with Gasteiger partial charge in [-0.15, -0.1) is 0 Å². The molecule has 0 aliphatic heterocycles. The lowest BCUT2D eigenvalue weighted by Crippen LogP contribution is -2.62. The molecule has 22 atom stereocenters. The Bertz CT molecular complexity index is 1660. The summed E-state index contributed by atoms with van der Waals surface area (Å²) in [6.45, 7) is 14.7. The van der Waals surface area contributed by atoms with Crippen molar-refractivity contribution in [1.29, 1.82) is 0 Å². The van der Waals surface area contributed by atoms with Crippen LogP contribution in [0.3, 0.4) is 0 Å². The van der Waals surface area contributed by atoms with Crippen molar-refractivity contribution in [3.05, 3.63) is 0 Å². The quantitative estimate of drug-likeness (QED) is 0.0491. The minimum atomic E-state index is -0.439. The molecular weight excluding hydrogens is 889 g/mol. The third-order valence-electron chi connectivity index (χ3n) is 23.9. The molecule has 0 bridgehead atoms. The molecule has 0 aromatic rings. The van der Waals surface area contributed by atoms with Gasteiger partial charge in [0.15, 0.2) is 13.6 Å². The third-order valence-corrected chi connectivity index (χ3v) is 23.9. The van der Waals surface area contributed by atoms with E-state index in [4.69, 9.17) is 18.9 Å². The second kappa shape index (κ2) is 21.3. The highest BCUT2D eigenvalue weighted by Crippen LogP contribution is 2.70. The molecule has 9 saturated carbocycles. The third kappa shape index (κ3) is 9.85. The Morgan fingerprint density at radius 3 is 1.27 bits per heavy atom. The predicted molar refractivity (Wildman–Crippen MR) is 264 cm³/mol. The van der Waals surface area contributed by atoms with Gasteiger partial charge in [0.25, 0.3) is 0 Å². The summed E-state index contributed by atoms with van der Waals surface area (Å²) >= 11 is 0. The summed E-state index contributed by atoms with van der Waals surface area (Å²) < 4.78 is 22.8. The Hall–Kier alpha value is -1.38. The van der Waals surface area contributed by atoms with Gasteiger partial charge in [-0.1, -0.05) is 41.5 Å². The number of ether oxygens (including phenoxy) is 4. The first-order valence-electron chi connectivity index (χ1n) is 28.8. The predicted octanol–water partition coefficient (Wildman–Crippen LogP) is 8.58. The number of hydrogen-bond acceptors (Lipinski definition) is 12. The molecule has 9 aliphatic rings. The van der Waals surface area contributed by atoms with E-state index in [9.17, 15) is 40.2 Å². The molecule has 0 saturated heterocycles. The van der Waals surface area contributed by atoms with E-state index in [1.807, 2.05) is 0 Å². The highest BCUT2D eigenvalue weighted by atomic mass is 16.7. The van der Waals surface area contributed by atoms with Crippen LogP contribution in [0.5, 0.6) is 0 Å². The minimum absolute atomic E-state index is 0.0412. The SMILES string of the molecule is C[C@H](CCC(=O)OCOCC1CCC(COCOC(=O)CC[C@@H](C)[C@H]2CC[C@H]3[C@@H]4[C@H](O)CC5C[C@H](O)CC[C@]5(C)[C@H]4C[C@H](O)[C@]23C)CC1)[C@H]1CC[C@H]2[C@@H]3[C@H](O)CC4C[C@H](O)CC[C@]4(C)[C@H]3C[C@H](O)[C@]12C.